The minimum absolute atomic E-state index is 0.127. The van der Waals surface area contributed by atoms with Crippen LogP contribution >= 0.6 is 22.6 Å². The Morgan fingerprint density at radius 1 is 1.47 bits per heavy atom. The van der Waals surface area contributed by atoms with Gasteiger partial charge < -0.3 is 4.42 Å². The highest BCUT2D eigenvalue weighted by atomic mass is 127. The Morgan fingerprint density at radius 3 is 2.73 bits per heavy atom. The molecule has 0 atom stereocenters. The topological polar surface area (TPSA) is 30.2 Å². The number of hydrogen-bond acceptors (Lipinski definition) is 2. The van der Waals surface area contributed by atoms with Crippen LogP contribution in [0.25, 0.3) is 0 Å². The van der Waals surface area contributed by atoms with Gasteiger partial charge in [-0.2, -0.15) is 0 Å². The summed E-state index contributed by atoms with van der Waals surface area (Å²) in [7, 11) is 0. The molecular weight excluding hydrogens is 303 g/mol. The number of carbonyl (C=O) groups excluding carboxylic acids is 1. The van der Waals surface area contributed by atoms with Crippen molar-refractivity contribution < 1.29 is 9.21 Å². The molecular formula is C12H15IO2. The van der Waals surface area contributed by atoms with Crippen LogP contribution < -0.4 is 0 Å². The standard InChI is InChI=1S/C12H15IO2/c1-7(14)10-8-6-12(2,3)5-4-9(8)15-11(10)13/h4-6H2,1-3H3. The number of Topliss-reactive ketones (excluding diaryl/α,β-unsaturated/α-hetero) is 1. The fourth-order valence-electron chi connectivity index (χ4n) is 2.24. The maximum absolute atomic E-state index is 11.5. The molecule has 0 radical (unpaired) electrons. The molecule has 0 saturated heterocycles. The largest absolute Gasteiger partial charge is 0.454 e. The monoisotopic (exact) mass is 318 g/mol. The van der Waals surface area contributed by atoms with Crippen molar-refractivity contribution in [2.45, 2.75) is 40.0 Å². The van der Waals surface area contributed by atoms with Crippen LogP contribution in [-0.4, -0.2) is 5.78 Å². The number of carbonyl (C=O) groups is 1. The second-order valence-electron chi connectivity index (χ2n) is 5.05. The molecule has 15 heavy (non-hydrogen) atoms. The Balaban J connectivity index is 2.51. The summed E-state index contributed by atoms with van der Waals surface area (Å²) in [5.41, 5.74) is 2.27. The predicted molar refractivity (Wildman–Crippen MR) is 67.2 cm³/mol. The van der Waals surface area contributed by atoms with Crippen molar-refractivity contribution in [2.24, 2.45) is 5.41 Å². The highest BCUT2D eigenvalue weighted by Gasteiger charge is 2.32. The van der Waals surface area contributed by atoms with Crippen LogP contribution in [0.1, 0.15) is 48.9 Å². The number of halogens is 1. The highest BCUT2D eigenvalue weighted by Crippen LogP contribution is 2.39. The van der Waals surface area contributed by atoms with Crippen LogP contribution in [0.5, 0.6) is 0 Å². The lowest BCUT2D eigenvalue weighted by atomic mass is 9.75. The van der Waals surface area contributed by atoms with Crippen molar-refractivity contribution in [3.05, 3.63) is 20.7 Å². The lowest BCUT2D eigenvalue weighted by molar-refractivity contribution is 0.101. The van der Waals surface area contributed by atoms with Crippen molar-refractivity contribution in [3.8, 4) is 0 Å². The van der Waals surface area contributed by atoms with Gasteiger partial charge in [-0.15, -0.1) is 0 Å². The number of hydrogen-bond donors (Lipinski definition) is 0. The van der Waals surface area contributed by atoms with E-state index in [1.54, 1.807) is 6.92 Å². The first-order valence-corrected chi connectivity index (χ1v) is 6.29. The van der Waals surface area contributed by atoms with Crippen LogP contribution in [0.15, 0.2) is 4.42 Å². The molecule has 82 valence electrons. The lowest BCUT2D eigenvalue weighted by Crippen LogP contribution is -2.22. The van der Waals surface area contributed by atoms with E-state index >= 15 is 0 Å². The first-order valence-electron chi connectivity index (χ1n) is 5.22. The fraction of sp³-hybridized carbons (Fsp3) is 0.583. The number of fused-ring (bicyclic) bond motifs is 1. The van der Waals surface area contributed by atoms with Gasteiger partial charge in [0.25, 0.3) is 0 Å². The zero-order valence-corrected chi connectivity index (χ0v) is 11.5. The third-order valence-corrected chi connectivity index (χ3v) is 3.84. The zero-order chi connectivity index (χ0) is 11.2. The summed E-state index contributed by atoms with van der Waals surface area (Å²) in [6.07, 6.45) is 3.07. The van der Waals surface area contributed by atoms with Gasteiger partial charge >= 0.3 is 0 Å². The van der Waals surface area contributed by atoms with Crippen molar-refractivity contribution in [1.82, 2.24) is 0 Å². The van der Waals surface area contributed by atoms with Gasteiger partial charge in [-0.3, -0.25) is 4.79 Å². The van der Waals surface area contributed by atoms with Gasteiger partial charge in [0.1, 0.15) is 5.76 Å². The number of rotatable bonds is 1. The molecule has 0 aliphatic heterocycles. The van der Waals surface area contributed by atoms with Crippen LogP contribution in [-0.2, 0) is 12.8 Å². The van der Waals surface area contributed by atoms with E-state index < -0.39 is 0 Å². The summed E-state index contributed by atoms with van der Waals surface area (Å²) < 4.78 is 6.42. The van der Waals surface area contributed by atoms with Gasteiger partial charge in [0, 0.05) is 34.6 Å². The van der Waals surface area contributed by atoms with Crippen molar-refractivity contribution >= 4 is 28.4 Å². The van der Waals surface area contributed by atoms with Crippen molar-refractivity contribution in [1.29, 1.82) is 0 Å². The molecule has 0 fully saturated rings. The van der Waals surface area contributed by atoms with Gasteiger partial charge in [-0.1, -0.05) is 13.8 Å². The summed E-state index contributed by atoms with van der Waals surface area (Å²) in [6, 6.07) is 0. The van der Waals surface area contributed by atoms with E-state index in [0.717, 1.165) is 39.9 Å². The van der Waals surface area contributed by atoms with E-state index in [9.17, 15) is 4.79 Å². The van der Waals surface area contributed by atoms with E-state index in [1.165, 1.54) is 0 Å². The second-order valence-corrected chi connectivity index (χ2v) is 6.03. The van der Waals surface area contributed by atoms with Crippen LogP contribution in [0, 0.1) is 9.18 Å². The summed E-state index contributed by atoms with van der Waals surface area (Å²) >= 11 is 2.12. The Hall–Kier alpha value is -0.320. The molecule has 1 aliphatic carbocycles. The maximum Gasteiger partial charge on any atom is 0.174 e. The number of furan rings is 1. The molecule has 1 aromatic rings. The molecule has 2 rings (SSSR count). The smallest absolute Gasteiger partial charge is 0.174 e. The molecule has 0 aromatic carbocycles. The van der Waals surface area contributed by atoms with E-state index in [2.05, 4.69) is 36.4 Å². The second kappa shape index (κ2) is 3.61. The van der Waals surface area contributed by atoms with Gasteiger partial charge in [0.05, 0.1) is 5.56 Å². The molecule has 0 spiro atoms. The Morgan fingerprint density at radius 2 is 2.13 bits per heavy atom. The first-order chi connectivity index (χ1) is 6.91. The minimum Gasteiger partial charge on any atom is -0.454 e. The summed E-state index contributed by atoms with van der Waals surface area (Å²) in [6.45, 7) is 6.12. The minimum atomic E-state index is 0.127. The lowest BCUT2D eigenvalue weighted by Gasteiger charge is -2.28. The molecule has 0 N–H and O–H groups in total. The SMILES string of the molecule is CC(=O)c1c(I)oc2c1CC(C)(C)CC2. The summed E-state index contributed by atoms with van der Waals surface area (Å²) in [5, 5.41) is 0. The average molecular weight is 318 g/mol. The maximum atomic E-state index is 11.5. The average Bonchev–Trinajstić information content (AvgIpc) is 2.38. The molecule has 1 aliphatic rings. The molecule has 0 saturated carbocycles. The highest BCUT2D eigenvalue weighted by molar-refractivity contribution is 14.1. The fourth-order valence-corrected chi connectivity index (χ4v) is 3.21. The normalized spacial score (nSPS) is 18.7. The Labute approximate surface area is 104 Å². The molecule has 3 heteroatoms. The first kappa shape index (κ1) is 11.2. The van der Waals surface area contributed by atoms with Crippen molar-refractivity contribution in [2.75, 3.05) is 0 Å². The Bertz CT molecular complexity index is 416. The summed E-state index contributed by atoms with van der Waals surface area (Å²) in [4.78, 5) is 11.5. The number of aryl methyl sites for hydroxylation is 1. The molecule has 1 aromatic heterocycles. The number of ketones is 1. The van der Waals surface area contributed by atoms with E-state index in [1.807, 2.05) is 0 Å². The van der Waals surface area contributed by atoms with Crippen LogP contribution in [0.2, 0.25) is 0 Å². The quantitative estimate of drug-likeness (QED) is 0.585. The zero-order valence-electron chi connectivity index (χ0n) is 9.32. The third-order valence-electron chi connectivity index (χ3n) is 3.08. The Kier molecular flexibility index (Phi) is 2.69. The van der Waals surface area contributed by atoms with E-state index in [0.29, 0.717) is 5.41 Å². The summed E-state index contributed by atoms with van der Waals surface area (Å²) in [5.74, 6) is 1.16. The van der Waals surface area contributed by atoms with E-state index in [-0.39, 0.29) is 5.78 Å². The molecule has 1 heterocycles. The van der Waals surface area contributed by atoms with Gasteiger partial charge in [-0.25, -0.2) is 0 Å². The van der Waals surface area contributed by atoms with E-state index in [4.69, 9.17) is 4.42 Å². The molecule has 0 amide bonds. The van der Waals surface area contributed by atoms with Crippen LogP contribution in [0.3, 0.4) is 0 Å². The third kappa shape index (κ3) is 1.98. The van der Waals surface area contributed by atoms with Gasteiger partial charge in [-0.05, 0) is 25.2 Å². The van der Waals surface area contributed by atoms with Gasteiger partial charge in [0.2, 0.25) is 0 Å². The molecule has 2 nitrogen and oxygen atoms in total. The molecule has 0 bridgehead atoms. The molecule has 0 unspecified atom stereocenters. The predicted octanol–water partition coefficient (Wildman–Crippen LogP) is 3.60. The van der Waals surface area contributed by atoms with Gasteiger partial charge in [0.15, 0.2) is 9.55 Å². The van der Waals surface area contributed by atoms with Crippen LogP contribution in [0.4, 0.5) is 0 Å². The van der Waals surface area contributed by atoms with Crippen molar-refractivity contribution in [3.63, 3.8) is 0 Å².